The summed E-state index contributed by atoms with van der Waals surface area (Å²) in [6.45, 7) is 9.37. The number of carbonyl (C=O) groups excluding carboxylic acids is 1. The molecular weight excluding hydrogens is 454 g/mol. The molecule has 1 aliphatic carbocycles. The fourth-order valence-corrected chi connectivity index (χ4v) is 5.71. The molecule has 3 aliphatic rings. The van der Waals surface area contributed by atoms with Crippen molar-refractivity contribution in [1.29, 1.82) is 0 Å². The van der Waals surface area contributed by atoms with Gasteiger partial charge >= 0.3 is 6.09 Å². The standard InChI is InChI=1S/C26H32F2N4O3/c1-14-29-10-19-20-12-32(11-15(20)7-22(19)30-14)17-9-23(31-25(33)35-26(2,3)4)24(34-13-17)18-8-16(27)5-6-21(18)28/h5-6,8,10,15,17,20,23-24H,7,9,11-13H2,1-4H3,(H,31,33)/t15?,17-,20?,23+,24-/m1/s1. The average Bonchev–Trinajstić information content (AvgIpc) is 3.31. The molecule has 1 N–H and O–H groups in total. The smallest absolute Gasteiger partial charge is 0.407 e. The number of carbonyl (C=O) groups is 1. The van der Waals surface area contributed by atoms with E-state index in [4.69, 9.17) is 9.47 Å². The Labute approximate surface area is 204 Å². The van der Waals surface area contributed by atoms with Crippen molar-refractivity contribution in [3.8, 4) is 0 Å². The van der Waals surface area contributed by atoms with Gasteiger partial charge in [0.2, 0.25) is 0 Å². The number of halogens is 2. The van der Waals surface area contributed by atoms with Gasteiger partial charge in [0, 0.05) is 42.5 Å². The number of benzene rings is 1. The van der Waals surface area contributed by atoms with Crippen molar-refractivity contribution in [2.45, 2.75) is 70.2 Å². The SMILES string of the molecule is Cc1ncc2c(n1)CC1CN([C@H]3CO[C@H](c4cc(F)ccc4F)[C@@H](NC(=O)OC(C)(C)C)C3)CC21. The molecule has 0 bridgehead atoms. The summed E-state index contributed by atoms with van der Waals surface area (Å²) < 4.78 is 40.2. The largest absolute Gasteiger partial charge is 0.444 e. The minimum Gasteiger partial charge on any atom is -0.444 e. The molecule has 0 saturated carbocycles. The van der Waals surface area contributed by atoms with Crippen LogP contribution in [-0.2, 0) is 15.9 Å². The fourth-order valence-electron chi connectivity index (χ4n) is 5.71. The number of ether oxygens (including phenoxy) is 2. The monoisotopic (exact) mass is 486 g/mol. The predicted octanol–water partition coefficient (Wildman–Crippen LogP) is 4.06. The second-order valence-electron chi connectivity index (χ2n) is 10.9. The van der Waals surface area contributed by atoms with Crippen molar-refractivity contribution in [2.75, 3.05) is 19.7 Å². The van der Waals surface area contributed by atoms with Gasteiger partial charge < -0.3 is 14.8 Å². The summed E-state index contributed by atoms with van der Waals surface area (Å²) in [6.07, 6.45) is 2.02. The van der Waals surface area contributed by atoms with E-state index in [1.807, 2.05) is 13.1 Å². The summed E-state index contributed by atoms with van der Waals surface area (Å²) in [6, 6.07) is 2.77. The summed E-state index contributed by atoms with van der Waals surface area (Å²) in [7, 11) is 0. The van der Waals surface area contributed by atoms with Crippen molar-refractivity contribution in [3.63, 3.8) is 0 Å². The lowest BCUT2D eigenvalue weighted by Crippen LogP contribution is -2.52. The van der Waals surface area contributed by atoms with Crippen LogP contribution in [0.2, 0.25) is 0 Å². The second kappa shape index (κ2) is 9.09. The van der Waals surface area contributed by atoms with Crippen molar-refractivity contribution in [3.05, 3.63) is 58.7 Å². The molecule has 2 aliphatic heterocycles. The van der Waals surface area contributed by atoms with Gasteiger partial charge in [0.05, 0.1) is 12.6 Å². The van der Waals surface area contributed by atoms with Crippen LogP contribution in [0, 0.1) is 24.5 Å². The van der Waals surface area contributed by atoms with Gasteiger partial charge in [-0.1, -0.05) is 0 Å². The van der Waals surface area contributed by atoms with Gasteiger partial charge in [-0.05, 0) is 70.2 Å². The highest BCUT2D eigenvalue weighted by molar-refractivity contribution is 5.68. The number of amides is 1. The van der Waals surface area contributed by atoms with E-state index in [9.17, 15) is 13.6 Å². The highest BCUT2D eigenvalue weighted by atomic mass is 19.1. The first kappa shape index (κ1) is 24.1. The Balaban J connectivity index is 1.34. The Morgan fingerprint density at radius 2 is 2.03 bits per heavy atom. The van der Waals surface area contributed by atoms with Crippen molar-refractivity contribution < 1.29 is 23.0 Å². The number of fused-ring (bicyclic) bond motifs is 3. The number of likely N-dealkylation sites (tertiary alicyclic amines) is 1. The number of alkyl carbamates (subject to hydrolysis) is 1. The number of hydrogen-bond donors (Lipinski definition) is 1. The topological polar surface area (TPSA) is 76.6 Å². The summed E-state index contributed by atoms with van der Waals surface area (Å²) in [4.78, 5) is 24.0. The first-order chi connectivity index (χ1) is 16.6. The normalized spacial score (nSPS) is 28.5. The van der Waals surface area contributed by atoms with E-state index in [-0.39, 0.29) is 11.6 Å². The molecule has 0 spiro atoms. The molecule has 5 atom stereocenters. The maximum Gasteiger partial charge on any atom is 0.407 e. The molecule has 35 heavy (non-hydrogen) atoms. The Kier molecular flexibility index (Phi) is 6.25. The third-order valence-electron chi connectivity index (χ3n) is 7.19. The van der Waals surface area contributed by atoms with Crippen LogP contribution in [0.4, 0.5) is 13.6 Å². The van der Waals surface area contributed by atoms with Crippen LogP contribution in [0.25, 0.3) is 0 Å². The maximum absolute atomic E-state index is 14.6. The zero-order valence-electron chi connectivity index (χ0n) is 20.6. The third-order valence-corrected chi connectivity index (χ3v) is 7.19. The zero-order valence-corrected chi connectivity index (χ0v) is 20.6. The molecule has 7 nitrogen and oxygen atoms in total. The highest BCUT2D eigenvalue weighted by Gasteiger charge is 2.45. The van der Waals surface area contributed by atoms with Gasteiger partial charge in [0.25, 0.3) is 0 Å². The molecule has 9 heteroatoms. The summed E-state index contributed by atoms with van der Waals surface area (Å²) in [5.41, 5.74) is 1.80. The molecule has 2 unspecified atom stereocenters. The number of rotatable bonds is 3. The number of aromatic nitrogens is 2. The van der Waals surface area contributed by atoms with E-state index >= 15 is 0 Å². The van der Waals surface area contributed by atoms with Gasteiger partial charge in [0.1, 0.15) is 29.2 Å². The van der Waals surface area contributed by atoms with Crippen LogP contribution in [0.3, 0.4) is 0 Å². The van der Waals surface area contributed by atoms with Gasteiger partial charge in [-0.15, -0.1) is 0 Å². The summed E-state index contributed by atoms with van der Waals surface area (Å²) >= 11 is 0. The predicted molar refractivity (Wildman–Crippen MR) is 125 cm³/mol. The van der Waals surface area contributed by atoms with E-state index in [0.717, 1.165) is 49.2 Å². The van der Waals surface area contributed by atoms with E-state index in [1.165, 1.54) is 5.56 Å². The Morgan fingerprint density at radius 1 is 1.23 bits per heavy atom. The molecule has 188 valence electrons. The fraction of sp³-hybridized carbons (Fsp3) is 0.577. The molecule has 0 radical (unpaired) electrons. The minimum atomic E-state index is -0.811. The number of hydrogen-bond acceptors (Lipinski definition) is 6. The molecule has 2 saturated heterocycles. The first-order valence-corrected chi connectivity index (χ1v) is 12.2. The average molecular weight is 487 g/mol. The molecule has 1 aromatic carbocycles. The highest BCUT2D eigenvalue weighted by Crippen LogP contribution is 2.44. The van der Waals surface area contributed by atoms with E-state index in [0.29, 0.717) is 24.9 Å². The minimum absolute atomic E-state index is 0.0308. The first-order valence-electron chi connectivity index (χ1n) is 12.2. The third kappa shape index (κ3) is 5.02. The summed E-state index contributed by atoms with van der Waals surface area (Å²) in [5, 5.41) is 2.87. The number of aryl methyl sites for hydroxylation is 1. The maximum atomic E-state index is 14.6. The zero-order chi connectivity index (χ0) is 24.9. The molecule has 3 heterocycles. The summed E-state index contributed by atoms with van der Waals surface area (Å²) in [5.74, 6) is 0.533. The molecule has 2 aromatic rings. The van der Waals surface area contributed by atoms with Gasteiger partial charge in [0.15, 0.2) is 0 Å². The molecule has 2 fully saturated rings. The lowest BCUT2D eigenvalue weighted by molar-refractivity contribution is -0.0580. The molecule has 5 rings (SSSR count). The molecule has 1 amide bonds. The van der Waals surface area contributed by atoms with Gasteiger partial charge in [-0.3, -0.25) is 4.90 Å². The number of nitrogens with zero attached hydrogens (tertiary/aromatic N) is 3. The van der Waals surface area contributed by atoms with E-state index in [2.05, 4.69) is 20.2 Å². The number of nitrogens with one attached hydrogen (secondary N) is 1. The quantitative estimate of drug-likeness (QED) is 0.705. The Hall–Kier alpha value is -2.65. The van der Waals surface area contributed by atoms with Crippen LogP contribution >= 0.6 is 0 Å². The van der Waals surface area contributed by atoms with E-state index in [1.54, 1.807) is 20.8 Å². The van der Waals surface area contributed by atoms with Crippen LogP contribution in [-0.4, -0.2) is 58.3 Å². The lowest BCUT2D eigenvalue weighted by Gasteiger charge is -2.41. The molecular formula is C26H32F2N4O3. The van der Waals surface area contributed by atoms with E-state index < -0.39 is 35.5 Å². The van der Waals surface area contributed by atoms with Crippen molar-refractivity contribution in [1.82, 2.24) is 20.2 Å². The lowest BCUT2D eigenvalue weighted by atomic mass is 9.92. The van der Waals surface area contributed by atoms with Crippen molar-refractivity contribution in [2.24, 2.45) is 5.92 Å². The van der Waals surface area contributed by atoms with Crippen molar-refractivity contribution >= 4 is 6.09 Å². The second-order valence-corrected chi connectivity index (χ2v) is 10.9. The Bertz CT molecular complexity index is 1120. The van der Waals surface area contributed by atoms with Crippen LogP contribution in [0.5, 0.6) is 0 Å². The van der Waals surface area contributed by atoms with Crippen LogP contribution in [0.1, 0.15) is 61.9 Å². The van der Waals surface area contributed by atoms with Crippen LogP contribution < -0.4 is 5.32 Å². The Morgan fingerprint density at radius 3 is 2.80 bits per heavy atom. The van der Waals surface area contributed by atoms with Gasteiger partial charge in [-0.25, -0.2) is 23.5 Å². The molecule has 1 aromatic heterocycles. The van der Waals surface area contributed by atoms with Gasteiger partial charge in [-0.2, -0.15) is 0 Å². The van der Waals surface area contributed by atoms with Crippen LogP contribution in [0.15, 0.2) is 24.4 Å².